The van der Waals surface area contributed by atoms with Crippen LogP contribution in [0.25, 0.3) is 0 Å². The first-order valence-corrected chi connectivity index (χ1v) is 6.89. The third-order valence-electron chi connectivity index (χ3n) is 4.71. The van der Waals surface area contributed by atoms with Crippen molar-refractivity contribution in [3.63, 3.8) is 0 Å². The molecule has 2 aliphatic carbocycles. The van der Waals surface area contributed by atoms with Crippen LogP contribution in [0.3, 0.4) is 0 Å². The average Bonchev–Trinajstić information content (AvgIpc) is 2.75. The van der Waals surface area contributed by atoms with Gasteiger partial charge in [-0.3, -0.25) is 4.79 Å². The molecule has 0 heterocycles. The molecule has 5 heteroatoms. The maximum atomic E-state index is 12.4. The summed E-state index contributed by atoms with van der Waals surface area (Å²) in [6.45, 7) is 2.05. The first-order valence-electron chi connectivity index (χ1n) is 6.89. The molecule has 0 aromatic rings. The number of nitrogens with zero attached hydrogens (tertiary/aromatic N) is 1. The van der Waals surface area contributed by atoms with Crippen LogP contribution in [0.2, 0.25) is 0 Å². The Bertz CT molecular complexity index is 344. The second kappa shape index (κ2) is 5.16. The van der Waals surface area contributed by atoms with Crippen molar-refractivity contribution in [3.05, 3.63) is 0 Å². The molecule has 102 valence electrons. The fourth-order valence-electron chi connectivity index (χ4n) is 3.08. The molecule has 0 aromatic heterocycles. The molecule has 0 saturated heterocycles. The fourth-order valence-corrected chi connectivity index (χ4v) is 3.08. The van der Waals surface area contributed by atoms with Crippen molar-refractivity contribution in [2.45, 2.75) is 57.9 Å². The van der Waals surface area contributed by atoms with E-state index in [1.165, 1.54) is 19.3 Å². The third kappa shape index (κ3) is 2.18. The van der Waals surface area contributed by atoms with E-state index in [2.05, 4.69) is 17.4 Å². The molecule has 1 atom stereocenters. The van der Waals surface area contributed by atoms with Crippen LogP contribution in [0, 0.1) is 11.3 Å². The number of nitrogens with one attached hydrogen (secondary N) is 1. The number of hydrogen-bond acceptors (Lipinski definition) is 3. The van der Waals surface area contributed by atoms with Crippen LogP contribution in [0.5, 0.6) is 0 Å². The average molecular weight is 253 g/mol. The molecule has 0 radical (unpaired) electrons. The van der Waals surface area contributed by atoms with Crippen molar-refractivity contribution in [3.8, 4) is 0 Å². The molecule has 1 unspecified atom stereocenters. The summed E-state index contributed by atoms with van der Waals surface area (Å²) in [6.07, 6.45) is 6.94. The number of carbonyl (C=O) groups excluding carboxylic acids is 1. The van der Waals surface area contributed by atoms with E-state index in [-0.39, 0.29) is 17.8 Å². The number of nitrogens with two attached hydrogens (primary N) is 1. The van der Waals surface area contributed by atoms with Gasteiger partial charge in [0.1, 0.15) is 5.41 Å². The smallest absolute Gasteiger partial charge is 0.234 e. The molecule has 2 fully saturated rings. The van der Waals surface area contributed by atoms with Crippen LogP contribution < -0.4 is 11.1 Å². The Labute approximate surface area is 108 Å². The predicted molar refractivity (Wildman–Crippen MR) is 69.3 cm³/mol. The van der Waals surface area contributed by atoms with Crippen molar-refractivity contribution in [2.75, 3.05) is 0 Å². The van der Waals surface area contributed by atoms with Gasteiger partial charge in [0.2, 0.25) is 5.91 Å². The van der Waals surface area contributed by atoms with Crippen molar-refractivity contribution in [2.24, 2.45) is 22.2 Å². The third-order valence-corrected chi connectivity index (χ3v) is 4.71. The summed E-state index contributed by atoms with van der Waals surface area (Å²) in [5.74, 6) is 0.604. The minimum atomic E-state index is -0.771. The Hall–Kier alpha value is -1.26. The van der Waals surface area contributed by atoms with Gasteiger partial charge in [0, 0.05) is 6.04 Å². The van der Waals surface area contributed by atoms with Gasteiger partial charge in [-0.1, -0.05) is 24.4 Å². The van der Waals surface area contributed by atoms with Gasteiger partial charge in [-0.25, -0.2) is 0 Å². The molecule has 2 aliphatic rings. The van der Waals surface area contributed by atoms with Crippen molar-refractivity contribution >= 4 is 11.7 Å². The topological polar surface area (TPSA) is 87.7 Å². The zero-order chi connectivity index (χ0) is 13.2. The zero-order valence-corrected chi connectivity index (χ0v) is 11.0. The van der Waals surface area contributed by atoms with Crippen LogP contribution in [0.1, 0.15) is 51.9 Å². The van der Waals surface area contributed by atoms with Gasteiger partial charge in [-0.15, -0.1) is 0 Å². The van der Waals surface area contributed by atoms with Gasteiger partial charge in [-0.05, 0) is 38.5 Å². The summed E-state index contributed by atoms with van der Waals surface area (Å²) in [5.41, 5.74) is 4.98. The van der Waals surface area contributed by atoms with Crippen molar-refractivity contribution < 1.29 is 10.0 Å². The maximum absolute atomic E-state index is 12.4. The second-order valence-corrected chi connectivity index (χ2v) is 5.73. The quantitative estimate of drug-likeness (QED) is 0.308. The Morgan fingerprint density at radius 2 is 2.00 bits per heavy atom. The molecule has 2 rings (SSSR count). The van der Waals surface area contributed by atoms with Gasteiger partial charge in [0.05, 0.1) is 0 Å². The summed E-state index contributed by atoms with van der Waals surface area (Å²) in [5, 5.41) is 15.0. The highest BCUT2D eigenvalue weighted by atomic mass is 16.4. The van der Waals surface area contributed by atoms with Gasteiger partial charge >= 0.3 is 0 Å². The van der Waals surface area contributed by atoms with Crippen molar-refractivity contribution in [1.82, 2.24) is 5.32 Å². The highest BCUT2D eigenvalue weighted by Gasteiger charge is 2.46. The Kier molecular flexibility index (Phi) is 3.78. The van der Waals surface area contributed by atoms with E-state index in [1.807, 2.05) is 0 Å². The van der Waals surface area contributed by atoms with E-state index in [4.69, 9.17) is 10.9 Å². The Balaban J connectivity index is 2.04. The minimum absolute atomic E-state index is 0.0605. The number of rotatable bonds is 4. The number of hydrogen-bond donors (Lipinski definition) is 3. The summed E-state index contributed by atoms with van der Waals surface area (Å²) in [6, 6.07) is 0.190. The van der Waals surface area contributed by atoms with Gasteiger partial charge in [0.15, 0.2) is 5.84 Å². The Morgan fingerprint density at radius 3 is 2.44 bits per heavy atom. The molecule has 5 nitrogen and oxygen atoms in total. The van der Waals surface area contributed by atoms with Crippen LogP contribution in [-0.2, 0) is 4.79 Å². The lowest BCUT2D eigenvalue weighted by atomic mass is 9.79. The number of oxime groups is 1. The lowest BCUT2D eigenvalue weighted by molar-refractivity contribution is -0.128. The number of amides is 1. The highest BCUT2D eigenvalue weighted by Crippen LogP contribution is 2.39. The molecule has 0 aliphatic heterocycles. The lowest BCUT2D eigenvalue weighted by Crippen LogP contribution is -2.52. The minimum Gasteiger partial charge on any atom is -0.409 e. The van der Waals surface area contributed by atoms with Crippen LogP contribution in [0.4, 0.5) is 0 Å². The van der Waals surface area contributed by atoms with E-state index in [0.717, 1.165) is 12.8 Å². The molecule has 0 spiro atoms. The van der Waals surface area contributed by atoms with E-state index < -0.39 is 5.41 Å². The molecular weight excluding hydrogens is 230 g/mol. The molecule has 1 amide bonds. The number of carbonyl (C=O) groups is 1. The summed E-state index contributed by atoms with van der Waals surface area (Å²) >= 11 is 0. The van der Waals surface area contributed by atoms with Crippen molar-refractivity contribution in [1.29, 1.82) is 0 Å². The first-order chi connectivity index (χ1) is 8.60. The predicted octanol–water partition coefficient (Wildman–Crippen LogP) is 1.60. The largest absolute Gasteiger partial charge is 0.409 e. The summed E-state index contributed by atoms with van der Waals surface area (Å²) < 4.78 is 0. The summed E-state index contributed by atoms with van der Waals surface area (Å²) in [7, 11) is 0. The molecule has 0 bridgehead atoms. The van der Waals surface area contributed by atoms with E-state index in [1.54, 1.807) is 0 Å². The normalized spacial score (nSPS) is 25.5. The number of amidine groups is 1. The van der Waals surface area contributed by atoms with Crippen LogP contribution >= 0.6 is 0 Å². The van der Waals surface area contributed by atoms with Gasteiger partial charge < -0.3 is 16.3 Å². The van der Waals surface area contributed by atoms with Crippen LogP contribution in [-0.4, -0.2) is 23.0 Å². The first kappa shape index (κ1) is 13.2. The van der Waals surface area contributed by atoms with E-state index >= 15 is 0 Å². The maximum Gasteiger partial charge on any atom is 0.234 e. The molecule has 4 N–H and O–H groups in total. The monoisotopic (exact) mass is 253 g/mol. The molecule has 2 saturated carbocycles. The molecule has 0 aromatic carbocycles. The lowest BCUT2D eigenvalue weighted by Gasteiger charge is -2.35. The molecular formula is C13H23N3O2. The standard InChI is InChI=1S/C13H23N3O2/c1-9(10-5-4-6-10)15-12(17)13(11(14)16-18)7-2-3-8-13/h9-10,18H,2-8H2,1H3,(H2,14,16)(H,15,17). The second-order valence-electron chi connectivity index (χ2n) is 5.73. The van der Waals surface area contributed by atoms with Gasteiger partial charge in [-0.2, -0.15) is 0 Å². The fraction of sp³-hybridized carbons (Fsp3) is 0.846. The highest BCUT2D eigenvalue weighted by molar-refractivity contribution is 6.07. The summed E-state index contributed by atoms with van der Waals surface area (Å²) in [4.78, 5) is 12.4. The zero-order valence-electron chi connectivity index (χ0n) is 11.0. The van der Waals surface area contributed by atoms with E-state index in [9.17, 15) is 4.79 Å². The van der Waals surface area contributed by atoms with Gasteiger partial charge in [0.25, 0.3) is 0 Å². The SMILES string of the molecule is CC(NC(=O)C1(C(N)=NO)CCCC1)C1CCC1. The van der Waals surface area contributed by atoms with E-state index in [0.29, 0.717) is 18.8 Å². The Morgan fingerprint density at radius 1 is 1.39 bits per heavy atom. The molecule has 18 heavy (non-hydrogen) atoms. The van der Waals surface area contributed by atoms with Crippen LogP contribution in [0.15, 0.2) is 5.16 Å².